The van der Waals surface area contributed by atoms with Gasteiger partial charge < -0.3 is 20.5 Å². The average Bonchev–Trinajstić information content (AvgIpc) is 3.47. The highest BCUT2D eigenvalue weighted by atomic mass is 16.5. The monoisotopic (exact) mass is 337 g/mol. The number of nitrogens with two attached hydrogens (primary N) is 1. The Kier molecular flexibility index (Phi) is 4.46. The fraction of sp³-hybridized carbons (Fsp3) is 0.350. The second-order valence-corrected chi connectivity index (χ2v) is 6.55. The first kappa shape index (κ1) is 15.8. The van der Waals surface area contributed by atoms with Gasteiger partial charge in [-0.15, -0.1) is 0 Å². The number of nitrogens with one attached hydrogen (secondary N) is 1. The lowest BCUT2D eigenvalue weighted by Gasteiger charge is -2.10. The Labute approximate surface area is 147 Å². The van der Waals surface area contributed by atoms with E-state index in [-0.39, 0.29) is 0 Å². The lowest BCUT2D eigenvalue weighted by molar-refractivity contribution is 0.297. The third-order valence-electron chi connectivity index (χ3n) is 4.48. The summed E-state index contributed by atoms with van der Waals surface area (Å²) in [5.74, 6) is 2.68. The highest BCUT2D eigenvalue weighted by Crippen LogP contribution is 2.39. The zero-order valence-electron chi connectivity index (χ0n) is 14.2. The van der Waals surface area contributed by atoms with E-state index in [0.717, 1.165) is 35.1 Å². The van der Waals surface area contributed by atoms with Crippen LogP contribution in [0.4, 0.5) is 5.69 Å². The SMILES string of the molecule is NC(=NCc1ccc(C2CC2)cc1)Nc1ccc2c(c1)OCCCO2. The van der Waals surface area contributed by atoms with Gasteiger partial charge in [0, 0.05) is 18.2 Å². The molecule has 130 valence electrons. The highest BCUT2D eigenvalue weighted by molar-refractivity contribution is 5.92. The second kappa shape index (κ2) is 7.05. The van der Waals surface area contributed by atoms with Crippen molar-refractivity contribution >= 4 is 11.6 Å². The molecular weight excluding hydrogens is 314 g/mol. The van der Waals surface area contributed by atoms with E-state index in [9.17, 15) is 0 Å². The van der Waals surface area contributed by atoms with Crippen molar-refractivity contribution in [2.24, 2.45) is 10.7 Å². The number of nitrogens with zero attached hydrogens (tertiary/aromatic N) is 1. The van der Waals surface area contributed by atoms with Crippen LogP contribution in [0.15, 0.2) is 47.5 Å². The lowest BCUT2D eigenvalue weighted by Crippen LogP contribution is -2.22. The van der Waals surface area contributed by atoms with Gasteiger partial charge in [-0.2, -0.15) is 0 Å². The molecule has 0 amide bonds. The predicted octanol–water partition coefficient (Wildman–Crippen LogP) is 3.65. The van der Waals surface area contributed by atoms with Crippen molar-refractivity contribution in [2.45, 2.75) is 31.7 Å². The van der Waals surface area contributed by atoms with Crippen LogP contribution in [0.25, 0.3) is 0 Å². The van der Waals surface area contributed by atoms with Crippen LogP contribution in [0.1, 0.15) is 36.3 Å². The summed E-state index contributed by atoms with van der Waals surface area (Å²) in [5.41, 5.74) is 9.45. The molecule has 1 aliphatic carbocycles. The highest BCUT2D eigenvalue weighted by Gasteiger charge is 2.22. The van der Waals surface area contributed by atoms with E-state index in [2.05, 4.69) is 34.6 Å². The van der Waals surface area contributed by atoms with Gasteiger partial charge in [-0.05, 0) is 42.0 Å². The molecule has 1 saturated carbocycles. The number of aliphatic imine (C=N–C) groups is 1. The number of fused-ring (bicyclic) bond motifs is 1. The number of guanidine groups is 1. The first-order valence-electron chi connectivity index (χ1n) is 8.83. The molecule has 1 aliphatic heterocycles. The molecule has 0 aromatic heterocycles. The molecule has 5 heteroatoms. The van der Waals surface area contributed by atoms with Gasteiger partial charge in [0.1, 0.15) is 0 Å². The van der Waals surface area contributed by atoms with Gasteiger partial charge in [-0.3, -0.25) is 0 Å². The van der Waals surface area contributed by atoms with E-state index in [1.807, 2.05) is 18.2 Å². The number of ether oxygens (including phenoxy) is 2. The molecule has 0 bridgehead atoms. The fourth-order valence-corrected chi connectivity index (χ4v) is 2.92. The molecule has 1 heterocycles. The maximum absolute atomic E-state index is 6.02. The fourth-order valence-electron chi connectivity index (χ4n) is 2.92. The van der Waals surface area contributed by atoms with Crippen molar-refractivity contribution in [3.8, 4) is 11.5 Å². The van der Waals surface area contributed by atoms with E-state index >= 15 is 0 Å². The maximum atomic E-state index is 6.02. The average molecular weight is 337 g/mol. The summed E-state index contributed by atoms with van der Waals surface area (Å²) in [6.45, 7) is 1.91. The van der Waals surface area contributed by atoms with Gasteiger partial charge in [0.2, 0.25) is 0 Å². The van der Waals surface area contributed by atoms with Crippen LogP contribution in [-0.2, 0) is 6.54 Å². The molecule has 2 aliphatic rings. The number of benzene rings is 2. The zero-order chi connectivity index (χ0) is 17.1. The molecule has 0 radical (unpaired) electrons. The van der Waals surface area contributed by atoms with Crippen molar-refractivity contribution in [3.05, 3.63) is 53.6 Å². The molecule has 0 unspecified atom stereocenters. The van der Waals surface area contributed by atoms with Gasteiger partial charge in [0.05, 0.1) is 19.8 Å². The summed E-state index contributed by atoms with van der Waals surface area (Å²) in [7, 11) is 0. The summed E-state index contributed by atoms with van der Waals surface area (Å²) in [4.78, 5) is 4.42. The molecule has 0 atom stereocenters. The van der Waals surface area contributed by atoms with Crippen LogP contribution in [0.5, 0.6) is 11.5 Å². The minimum absolute atomic E-state index is 0.390. The maximum Gasteiger partial charge on any atom is 0.193 e. The van der Waals surface area contributed by atoms with E-state index in [0.29, 0.717) is 25.7 Å². The van der Waals surface area contributed by atoms with Crippen LogP contribution in [-0.4, -0.2) is 19.2 Å². The minimum atomic E-state index is 0.390. The Morgan fingerprint density at radius 3 is 2.56 bits per heavy atom. The van der Waals surface area contributed by atoms with Crippen molar-refractivity contribution in [1.82, 2.24) is 0 Å². The van der Waals surface area contributed by atoms with Gasteiger partial charge >= 0.3 is 0 Å². The molecule has 3 N–H and O–H groups in total. The summed E-state index contributed by atoms with van der Waals surface area (Å²) in [5, 5.41) is 3.11. The zero-order valence-corrected chi connectivity index (χ0v) is 14.2. The Morgan fingerprint density at radius 1 is 1.04 bits per heavy atom. The van der Waals surface area contributed by atoms with E-state index in [4.69, 9.17) is 15.2 Å². The van der Waals surface area contributed by atoms with Crippen molar-refractivity contribution < 1.29 is 9.47 Å². The quantitative estimate of drug-likeness (QED) is 0.660. The first-order valence-corrected chi connectivity index (χ1v) is 8.83. The predicted molar refractivity (Wildman–Crippen MR) is 99.4 cm³/mol. The Hall–Kier alpha value is -2.69. The van der Waals surface area contributed by atoms with Crippen molar-refractivity contribution in [2.75, 3.05) is 18.5 Å². The number of anilines is 1. The second-order valence-electron chi connectivity index (χ2n) is 6.55. The van der Waals surface area contributed by atoms with Gasteiger partial charge in [0.15, 0.2) is 17.5 Å². The molecule has 4 rings (SSSR count). The number of hydrogen-bond donors (Lipinski definition) is 2. The van der Waals surface area contributed by atoms with Crippen molar-refractivity contribution in [3.63, 3.8) is 0 Å². The Morgan fingerprint density at radius 2 is 1.80 bits per heavy atom. The molecule has 1 fully saturated rings. The van der Waals surface area contributed by atoms with E-state index in [1.54, 1.807) is 0 Å². The standard InChI is InChI=1S/C20H23N3O2/c21-20(22-13-14-2-4-15(5-3-14)16-6-7-16)23-17-8-9-18-19(12-17)25-11-1-10-24-18/h2-5,8-9,12,16H,1,6-7,10-11,13H2,(H3,21,22,23). The third kappa shape index (κ3) is 4.05. The summed E-state index contributed by atoms with van der Waals surface area (Å²) < 4.78 is 11.3. The Balaban J connectivity index is 1.38. The van der Waals surface area contributed by atoms with Gasteiger partial charge in [-0.25, -0.2) is 4.99 Å². The summed E-state index contributed by atoms with van der Waals surface area (Å²) in [6.07, 6.45) is 3.54. The molecule has 2 aromatic rings. The molecule has 25 heavy (non-hydrogen) atoms. The topological polar surface area (TPSA) is 68.9 Å². The van der Waals surface area contributed by atoms with Crippen LogP contribution >= 0.6 is 0 Å². The largest absolute Gasteiger partial charge is 0.490 e. The molecule has 0 saturated heterocycles. The number of hydrogen-bond acceptors (Lipinski definition) is 3. The molecular formula is C20H23N3O2. The Bertz CT molecular complexity index is 767. The van der Waals surface area contributed by atoms with Gasteiger partial charge in [-0.1, -0.05) is 24.3 Å². The van der Waals surface area contributed by atoms with Crippen LogP contribution in [0.3, 0.4) is 0 Å². The van der Waals surface area contributed by atoms with Crippen molar-refractivity contribution in [1.29, 1.82) is 0 Å². The first-order chi connectivity index (χ1) is 12.3. The van der Waals surface area contributed by atoms with Crippen LogP contribution in [0, 0.1) is 0 Å². The summed E-state index contributed by atoms with van der Waals surface area (Å²) in [6, 6.07) is 14.4. The summed E-state index contributed by atoms with van der Waals surface area (Å²) >= 11 is 0. The molecule has 0 spiro atoms. The molecule has 5 nitrogen and oxygen atoms in total. The molecule has 2 aromatic carbocycles. The minimum Gasteiger partial charge on any atom is -0.490 e. The normalized spacial score (nSPS) is 17.0. The van der Waals surface area contributed by atoms with E-state index in [1.165, 1.54) is 18.4 Å². The van der Waals surface area contributed by atoms with Gasteiger partial charge in [0.25, 0.3) is 0 Å². The smallest absolute Gasteiger partial charge is 0.193 e. The van der Waals surface area contributed by atoms with E-state index < -0.39 is 0 Å². The number of rotatable bonds is 4. The van der Waals surface area contributed by atoms with Crippen LogP contribution in [0.2, 0.25) is 0 Å². The van der Waals surface area contributed by atoms with Crippen LogP contribution < -0.4 is 20.5 Å². The third-order valence-corrected chi connectivity index (χ3v) is 4.48. The lowest BCUT2D eigenvalue weighted by atomic mass is 10.1.